The number of aromatic nitrogens is 2. The highest BCUT2D eigenvalue weighted by atomic mass is 79.9. The number of hydrogen-bond acceptors (Lipinski definition) is 1. The van der Waals surface area contributed by atoms with E-state index in [1.54, 1.807) is 12.3 Å². The molecule has 0 N–H and O–H groups in total. The van der Waals surface area contributed by atoms with Crippen molar-refractivity contribution < 1.29 is 8.78 Å². The van der Waals surface area contributed by atoms with Gasteiger partial charge >= 0.3 is 0 Å². The Morgan fingerprint density at radius 3 is 2.46 bits per heavy atom. The van der Waals surface area contributed by atoms with E-state index in [1.165, 1.54) is 11.6 Å². The second-order valence-corrected chi connectivity index (χ2v) is 6.25. The van der Waals surface area contributed by atoms with Crippen molar-refractivity contribution in [1.29, 1.82) is 0 Å². The number of nitrogens with zero attached hydrogens (tertiary/aromatic N) is 2. The summed E-state index contributed by atoms with van der Waals surface area (Å²) in [6.07, 6.45) is 1.62. The fourth-order valence-electron chi connectivity index (χ4n) is 3.03. The highest BCUT2D eigenvalue weighted by molar-refractivity contribution is 9.08. The van der Waals surface area contributed by atoms with Crippen LogP contribution in [0.4, 0.5) is 8.78 Å². The predicted molar refractivity (Wildman–Crippen MR) is 95.3 cm³/mol. The van der Waals surface area contributed by atoms with Gasteiger partial charge in [-0.3, -0.25) is 4.98 Å². The van der Waals surface area contributed by atoms with Gasteiger partial charge in [0.25, 0.3) is 0 Å². The van der Waals surface area contributed by atoms with Gasteiger partial charge in [-0.15, -0.1) is 0 Å². The van der Waals surface area contributed by atoms with Crippen LogP contribution in [0, 0.1) is 11.6 Å². The Hall–Kier alpha value is -2.27. The van der Waals surface area contributed by atoms with Crippen molar-refractivity contribution in [2.45, 2.75) is 11.9 Å². The summed E-state index contributed by atoms with van der Waals surface area (Å²) in [4.78, 5) is 4.30. The van der Waals surface area contributed by atoms with E-state index in [0.717, 1.165) is 22.5 Å². The quantitative estimate of drug-likeness (QED) is 0.430. The Balaban J connectivity index is 1.94. The molecule has 2 heterocycles. The van der Waals surface area contributed by atoms with Gasteiger partial charge in [-0.2, -0.15) is 0 Å². The fraction of sp³-hybridized carbons (Fsp3) is 0.105. The van der Waals surface area contributed by atoms with Crippen molar-refractivity contribution in [2.24, 2.45) is 0 Å². The molecule has 0 saturated carbocycles. The average molecular weight is 387 g/mol. The third-order valence-corrected chi connectivity index (χ3v) is 4.80. The highest BCUT2D eigenvalue weighted by Gasteiger charge is 2.16. The number of fused-ring (bicyclic) bond motifs is 3. The van der Waals surface area contributed by atoms with Crippen LogP contribution < -0.4 is 0 Å². The van der Waals surface area contributed by atoms with Gasteiger partial charge in [0.15, 0.2) is 0 Å². The molecule has 0 aliphatic carbocycles. The molecular formula is C19H13BrF2N2. The van der Waals surface area contributed by atoms with E-state index >= 15 is 0 Å². The van der Waals surface area contributed by atoms with Gasteiger partial charge in [0.1, 0.15) is 11.6 Å². The lowest BCUT2D eigenvalue weighted by Crippen LogP contribution is -2.00. The Morgan fingerprint density at radius 2 is 1.71 bits per heavy atom. The number of pyridine rings is 1. The van der Waals surface area contributed by atoms with E-state index in [0.29, 0.717) is 23.0 Å². The average Bonchev–Trinajstić information content (AvgIpc) is 2.90. The maximum atomic E-state index is 14.3. The Morgan fingerprint density at radius 1 is 0.958 bits per heavy atom. The van der Waals surface area contributed by atoms with Crippen LogP contribution in [0.1, 0.15) is 11.1 Å². The Labute approximate surface area is 145 Å². The minimum Gasteiger partial charge on any atom is -0.334 e. The first-order chi connectivity index (χ1) is 11.7. The van der Waals surface area contributed by atoms with Gasteiger partial charge in [-0.25, -0.2) is 8.78 Å². The summed E-state index contributed by atoms with van der Waals surface area (Å²) in [6, 6.07) is 14.1. The molecule has 0 aliphatic heterocycles. The first-order valence-electron chi connectivity index (χ1n) is 7.53. The maximum Gasteiger partial charge on any atom is 0.137 e. The first-order valence-corrected chi connectivity index (χ1v) is 8.65. The lowest BCUT2D eigenvalue weighted by atomic mass is 10.1. The van der Waals surface area contributed by atoms with E-state index in [9.17, 15) is 8.78 Å². The molecule has 0 radical (unpaired) electrons. The van der Waals surface area contributed by atoms with Crippen LogP contribution in [0.15, 0.2) is 54.7 Å². The summed E-state index contributed by atoms with van der Waals surface area (Å²) in [6.45, 7) is 0.525. The van der Waals surface area contributed by atoms with Crippen molar-refractivity contribution in [1.82, 2.24) is 9.55 Å². The summed E-state index contributed by atoms with van der Waals surface area (Å²) >= 11 is 3.43. The molecule has 4 aromatic rings. The molecule has 0 unspecified atom stereocenters. The van der Waals surface area contributed by atoms with Crippen molar-refractivity contribution in [3.8, 4) is 0 Å². The zero-order valence-corrected chi connectivity index (χ0v) is 14.2. The molecule has 120 valence electrons. The Kier molecular flexibility index (Phi) is 3.81. The zero-order chi connectivity index (χ0) is 16.7. The molecule has 2 aromatic heterocycles. The molecule has 0 spiro atoms. The normalized spacial score (nSPS) is 11.5. The molecule has 5 heteroatoms. The molecule has 0 aliphatic rings. The van der Waals surface area contributed by atoms with Crippen LogP contribution in [0.2, 0.25) is 0 Å². The molecule has 0 bridgehead atoms. The van der Waals surface area contributed by atoms with E-state index in [4.69, 9.17) is 0 Å². The van der Waals surface area contributed by atoms with Crippen molar-refractivity contribution >= 4 is 37.9 Å². The molecule has 0 fully saturated rings. The van der Waals surface area contributed by atoms with Crippen LogP contribution in [0.25, 0.3) is 21.9 Å². The summed E-state index contributed by atoms with van der Waals surface area (Å²) in [5.41, 5.74) is 4.11. The van der Waals surface area contributed by atoms with Gasteiger partial charge < -0.3 is 4.57 Å². The summed E-state index contributed by atoms with van der Waals surface area (Å²) in [5.74, 6) is -1.17. The minimum absolute atomic E-state index is 0.365. The van der Waals surface area contributed by atoms with Crippen LogP contribution in [0.5, 0.6) is 0 Å². The summed E-state index contributed by atoms with van der Waals surface area (Å²) < 4.78 is 30.0. The largest absolute Gasteiger partial charge is 0.334 e. The first kappa shape index (κ1) is 15.3. The highest BCUT2D eigenvalue weighted by Crippen LogP contribution is 2.31. The predicted octanol–water partition coefficient (Wildman–Crippen LogP) is 5.41. The minimum atomic E-state index is -0.585. The molecule has 4 rings (SSSR count). The van der Waals surface area contributed by atoms with Gasteiger partial charge in [0.2, 0.25) is 0 Å². The van der Waals surface area contributed by atoms with Crippen LogP contribution in [-0.2, 0) is 11.9 Å². The van der Waals surface area contributed by atoms with E-state index in [-0.39, 0.29) is 0 Å². The molecule has 0 atom stereocenters. The smallest absolute Gasteiger partial charge is 0.137 e. The van der Waals surface area contributed by atoms with Crippen molar-refractivity contribution in [3.63, 3.8) is 0 Å². The number of halogens is 3. The second kappa shape index (κ2) is 5.98. The molecular weight excluding hydrogens is 374 g/mol. The van der Waals surface area contributed by atoms with E-state index < -0.39 is 11.6 Å². The SMILES string of the molecule is Fc1cc(F)c2c3ncccc3n(Cc3ccc(CBr)cc3)c2c1. The molecule has 2 nitrogen and oxygen atoms in total. The topological polar surface area (TPSA) is 17.8 Å². The van der Waals surface area contributed by atoms with Gasteiger partial charge in [-0.05, 0) is 29.3 Å². The number of benzene rings is 2. The fourth-order valence-corrected chi connectivity index (χ4v) is 3.40. The van der Waals surface area contributed by atoms with Crippen LogP contribution in [0.3, 0.4) is 0 Å². The number of rotatable bonds is 3. The number of hydrogen-bond donors (Lipinski definition) is 0. The monoisotopic (exact) mass is 386 g/mol. The molecule has 0 amide bonds. The lowest BCUT2D eigenvalue weighted by molar-refractivity contribution is 0.591. The maximum absolute atomic E-state index is 14.3. The second-order valence-electron chi connectivity index (χ2n) is 5.69. The summed E-state index contributed by atoms with van der Waals surface area (Å²) in [5, 5.41) is 1.16. The number of alkyl halides is 1. The molecule has 2 aromatic carbocycles. The standard InChI is InChI=1S/C19H13BrF2N2/c20-10-12-3-5-13(6-4-12)11-24-16-2-1-7-23-19(16)18-15(22)8-14(21)9-17(18)24/h1-9H,10-11H2. The van der Waals surface area contributed by atoms with Crippen LogP contribution >= 0.6 is 15.9 Å². The molecule has 24 heavy (non-hydrogen) atoms. The third kappa shape index (κ3) is 2.49. The van der Waals surface area contributed by atoms with Gasteiger partial charge in [0.05, 0.1) is 21.9 Å². The summed E-state index contributed by atoms with van der Waals surface area (Å²) in [7, 11) is 0. The van der Waals surface area contributed by atoms with Crippen LogP contribution in [-0.4, -0.2) is 9.55 Å². The molecule has 0 saturated heterocycles. The van der Waals surface area contributed by atoms with Gasteiger partial charge in [0, 0.05) is 24.1 Å². The van der Waals surface area contributed by atoms with Gasteiger partial charge in [-0.1, -0.05) is 40.2 Å². The van der Waals surface area contributed by atoms with E-state index in [1.807, 2.05) is 34.9 Å². The van der Waals surface area contributed by atoms with Crippen molar-refractivity contribution in [2.75, 3.05) is 0 Å². The Bertz CT molecular complexity index is 1040. The third-order valence-electron chi connectivity index (χ3n) is 4.16. The lowest BCUT2D eigenvalue weighted by Gasteiger charge is -2.08. The van der Waals surface area contributed by atoms with E-state index in [2.05, 4.69) is 20.9 Å². The van der Waals surface area contributed by atoms with Crippen molar-refractivity contribution in [3.05, 3.63) is 77.5 Å². The zero-order valence-electron chi connectivity index (χ0n) is 12.6.